The molecule has 3 atom stereocenters. The van der Waals surface area contributed by atoms with E-state index in [0.29, 0.717) is 36.8 Å². The average molecular weight is 489 g/mol. The number of ether oxygens (including phenoxy) is 3. The van der Waals surface area contributed by atoms with E-state index >= 15 is 0 Å². The van der Waals surface area contributed by atoms with Gasteiger partial charge in [0.1, 0.15) is 0 Å². The molecule has 0 unspecified atom stereocenters. The molecule has 0 saturated heterocycles. The molecule has 0 aliphatic heterocycles. The van der Waals surface area contributed by atoms with Crippen molar-refractivity contribution >= 4 is 16.3 Å². The highest BCUT2D eigenvalue weighted by molar-refractivity contribution is 7.59. The zero-order valence-electron chi connectivity index (χ0n) is 21.4. The second kappa shape index (κ2) is 16.7. The predicted octanol–water partition coefficient (Wildman–Crippen LogP) is 6.90. The SMILES string of the molecule is C[C@H](COCc1ccccc1)P([C@H](C)COCc1ccccc1)[C@H](C)COCc1ccccc1.[B]. The highest BCUT2D eigenvalue weighted by Crippen LogP contribution is 2.51. The third-order valence-corrected chi connectivity index (χ3v) is 9.44. The largest absolute Gasteiger partial charge is 0.376 e. The van der Waals surface area contributed by atoms with Gasteiger partial charge in [-0.05, 0) is 16.7 Å². The lowest BCUT2D eigenvalue weighted by molar-refractivity contribution is 0.113. The van der Waals surface area contributed by atoms with Crippen molar-refractivity contribution in [3.63, 3.8) is 0 Å². The van der Waals surface area contributed by atoms with Crippen LogP contribution in [0, 0.1) is 0 Å². The quantitative estimate of drug-likeness (QED) is 0.172. The summed E-state index contributed by atoms with van der Waals surface area (Å²) in [5.74, 6) is 0. The van der Waals surface area contributed by atoms with E-state index in [1.807, 2.05) is 18.2 Å². The van der Waals surface area contributed by atoms with Gasteiger partial charge in [-0.1, -0.05) is 120 Å². The van der Waals surface area contributed by atoms with Crippen molar-refractivity contribution in [1.29, 1.82) is 0 Å². The number of rotatable bonds is 15. The fourth-order valence-corrected chi connectivity index (χ4v) is 7.77. The second-order valence-electron chi connectivity index (χ2n) is 9.00. The highest BCUT2D eigenvalue weighted by Gasteiger charge is 2.29. The maximum absolute atomic E-state index is 6.14. The van der Waals surface area contributed by atoms with Crippen molar-refractivity contribution < 1.29 is 14.2 Å². The van der Waals surface area contributed by atoms with Crippen LogP contribution in [0.25, 0.3) is 0 Å². The van der Waals surface area contributed by atoms with Crippen molar-refractivity contribution in [1.82, 2.24) is 0 Å². The Morgan fingerprint density at radius 3 is 1.00 bits per heavy atom. The summed E-state index contributed by atoms with van der Waals surface area (Å²) in [6, 6.07) is 31.2. The summed E-state index contributed by atoms with van der Waals surface area (Å²) in [6.07, 6.45) is 0. The smallest absolute Gasteiger partial charge is 0.0717 e. The van der Waals surface area contributed by atoms with Crippen LogP contribution in [0.4, 0.5) is 0 Å². The molecular formula is C30H39BO3P. The van der Waals surface area contributed by atoms with Gasteiger partial charge in [-0.25, -0.2) is 0 Å². The third-order valence-electron chi connectivity index (χ3n) is 5.94. The number of hydrogen-bond acceptors (Lipinski definition) is 3. The van der Waals surface area contributed by atoms with Crippen LogP contribution in [-0.2, 0) is 34.0 Å². The van der Waals surface area contributed by atoms with Crippen molar-refractivity contribution in [3.8, 4) is 0 Å². The lowest BCUT2D eigenvalue weighted by Crippen LogP contribution is -2.27. The fourth-order valence-electron chi connectivity index (χ4n) is 4.33. The average Bonchev–Trinajstić information content (AvgIpc) is 2.86. The molecule has 185 valence electrons. The molecule has 0 bridgehead atoms. The molecular weight excluding hydrogens is 450 g/mol. The minimum Gasteiger partial charge on any atom is -0.376 e. The molecule has 0 fully saturated rings. The van der Waals surface area contributed by atoms with Crippen LogP contribution in [0.1, 0.15) is 37.5 Å². The van der Waals surface area contributed by atoms with Crippen LogP contribution in [0.5, 0.6) is 0 Å². The van der Waals surface area contributed by atoms with Gasteiger partial charge in [0, 0.05) is 25.4 Å². The molecule has 0 amide bonds. The van der Waals surface area contributed by atoms with Gasteiger partial charge in [-0.15, -0.1) is 0 Å². The third kappa shape index (κ3) is 10.7. The Balaban J connectivity index is 0.00000432. The van der Waals surface area contributed by atoms with Crippen molar-refractivity contribution in [2.75, 3.05) is 19.8 Å². The van der Waals surface area contributed by atoms with Crippen LogP contribution in [0.3, 0.4) is 0 Å². The Morgan fingerprint density at radius 1 is 0.486 bits per heavy atom. The lowest BCUT2D eigenvalue weighted by Gasteiger charge is -2.35. The first kappa shape index (κ1) is 29.3. The van der Waals surface area contributed by atoms with Crippen LogP contribution < -0.4 is 0 Å². The van der Waals surface area contributed by atoms with E-state index in [-0.39, 0.29) is 16.3 Å². The van der Waals surface area contributed by atoms with E-state index in [4.69, 9.17) is 14.2 Å². The first-order valence-corrected chi connectivity index (χ1v) is 13.8. The molecule has 3 radical (unpaired) electrons. The lowest BCUT2D eigenvalue weighted by atomic mass is 10.2. The standard InChI is InChI=1S/C30H39O3P.B/c1-25(19-31-22-28-13-7-4-8-14-28)34(26(2)20-32-23-29-15-9-5-10-16-29)27(3)21-33-24-30-17-11-6-12-18-30;/h4-18,25-27H,19-24H2,1-3H3;/t25-,26-,27-;/m1./s1. The molecule has 0 spiro atoms. The van der Waals surface area contributed by atoms with Gasteiger partial charge in [0.05, 0.1) is 39.6 Å². The van der Waals surface area contributed by atoms with E-state index in [0.717, 1.165) is 19.8 Å². The Kier molecular flexibility index (Phi) is 13.9. The van der Waals surface area contributed by atoms with E-state index < -0.39 is 0 Å². The van der Waals surface area contributed by atoms with Gasteiger partial charge in [0.25, 0.3) is 0 Å². The molecule has 5 heteroatoms. The van der Waals surface area contributed by atoms with E-state index in [1.54, 1.807) is 0 Å². The molecule has 0 saturated carbocycles. The molecule has 0 N–H and O–H groups in total. The van der Waals surface area contributed by atoms with Crippen molar-refractivity contribution in [2.24, 2.45) is 0 Å². The Hall–Kier alpha value is -1.97. The Bertz CT molecular complexity index is 788. The summed E-state index contributed by atoms with van der Waals surface area (Å²) in [6.45, 7) is 11.2. The highest BCUT2D eigenvalue weighted by atomic mass is 31.1. The Labute approximate surface area is 215 Å². The zero-order chi connectivity index (χ0) is 24.0. The first-order valence-electron chi connectivity index (χ1n) is 12.3. The maximum atomic E-state index is 6.14. The second-order valence-corrected chi connectivity index (χ2v) is 12.5. The monoisotopic (exact) mass is 489 g/mol. The van der Waals surface area contributed by atoms with Crippen LogP contribution in [0.2, 0.25) is 0 Å². The maximum Gasteiger partial charge on any atom is 0.0717 e. The molecule has 35 heavy (non-hydrogen) atoms. The number of hydrogen-bond donors (Lipinski definition) is 0. The van der Waals surface area contributed by atoms with E-state index in [9.17, 15) is 0 Å². The summed E-state index contributed by atoms with van der Waals surface area (Å²) in [7, 11) is -0.361. The molecule has 0 aliphatic rings. The van der Waals surface area contributed by atoms with Gasteiger partial charge in [-0.2, -0.15) is 0 Å². The van der Waals surface area contributed by atoms with Crippen LogP contribution in [-0.4, -0.2) is 45.2 Å². The molecule has 3 aromatic carbocycles. The van der Waals surface area contributed by atoms with E-state index in [1.165, 1.54) is 16.7 Å². The summed E-state index contributed by atoms with van der Waals surface area (Å²) >= 11 is 0. The number of benzene rings is 3. The normalized spacial score (nSPS) is 13.7. The minimum absolute atomic E-state index is 0. The van der Waals surface area contributed by atoms with Gasteiger partial charge in [-0.3, -0.25) is 0 Å². The summed E-state index contributed by atoms with van der Waals surface area (Å²) in [5.41, 5.74) is 5.05. The van der Waals surface area contributed by atoms with Crippen molar-refractivity contribution in [2.45, 2.75) is 57.6 Å². The molecule has 3 aromatic rings. The molecule has 3 rings (SSSR count). The van der Waals surface area contributed by atoms with Gasteiger partial charge in [0.15, 0.2) is 0 Å². The summed E-state index contributed by atoms with van der Waals surface area (Å²) in [5, 5.41) is 0. The fraction of sp³-hybridized carbons (Fsp3) is 0.400. The predicted molar refractivity (Wildman–Crippen MR) is 149 cm³/mol. The molecule has 0 heterocycles. The van der Waals surface area contributed by atoms with Gasteiger partial charge in [0.2, 0.25) is 0 Å². The summed E-state index contributed by atoms with van der Waals surface area (Å²) < 4.78 is 18.4. The molecule has 3 nitrogen and oxygen atoms in total. The molecule has 0 aromatic heterocycles. The Morgan fingerprint density at radius 2 is 0.743 bits per heavy atom. The minimum atomic E-state index is -0.361. The van der Waals surface area contributed by atoms with E-state index in [2.05, 4.69) is 93.6 Å². The van der Waals surface area contributed by atoms with Crippen molar-refractivity contribution in [3.05, 3.63) is 108 Å². The zero-order valence-corrected chi connectivity index (χ0v) is 22.3. The first-order chi connectivity index (χ1) is 16.6. The van der Waals surface area contributed by atoms with Gasteiger partial charge >= 0.3 is 0 Å². The topological polar surface area (TPSA) is 27.7 Å². The van der Waals surface area contributed by atoms with Crippen LogP contribution >= 0.6 is 7.92 Å². The summed E-state index contributed by atoms with van der Waals surface area (Å²) in [4.78, 5) is 0. The van der Waals surface area contributed by atoms with Crippen LogP contribution in [0.15, 0.2) is 91.0 Å². The van der Waals surface area contributed by atoms with Gasteiger partial charge < -0.3 is 14.2 Å². The molecule has 0 aliphatic carbocycles.